The van der Waals surface area contributed by atoms with Gasteiger partial charge in [-0.3, -0.25) is 4.79 Å². The first-order chi connectivity index (χ1) is 12.3. The summed E-state index contributed by atoms with van der Waals surface area (Å²) in [4.78, 5) is 12.2. The highest BCUT2D eigenvalue weighted by atomic mass is 16.3. The fourth-order valence-corrected chi connectivity index (χ4v) is 4.09. The molecule has 0 heterocycles. The lowest BCUT2D eigenvalue weighted by atomic mass is 9.80. The summed E-state index contributed by atoms with van der Waals surface area (Å²) >= 11 is 0. The van der Waals surface area contributed by atoms with E-state index in [4.69, 9.17) is 5.11 Å². The lowest BCUT2D eigenvalue weighted by Crippen LogP contribution is -2.28. The molecule has 26 heavy (non-hydrogen) atoms. The second kappa shape index (κ2) is 11.9. The summed E-state index contributed by atoms with van der Waals surface area (Å²) in [6.07, 6.45) is 11.6. The van der Waals surface area contributed by atoms with Crippen LogP contribution in [0.1, 0.15) is 85.0 Å². The third kappa shape index (κ3) is 7.50. The van der Waals surface area contributed by atoms with E-state index in [0.717, 1.165) is 51.4 Å². The topological polar surface area (TPSA) is 77.8 Å². The molecule has 1 aliphatic rings. The first-order valence-corrected chi connectivity index (χ1v) is 10.5. The van der Waals surface area contributed by atoms with Gasteiger partial charge in [-0.1, -0.05) is 65.0 Å². The standard InChI is InChI=1S/C22H40O4/c1-4-14-22(2,3)21(26)13-10-12-18-17(19(24)16-20(18)25)11-8-6-5-7-9-15-23/h10,12,17-18,20-21,23,25-26H,4-9,11,13-16H2,1-3H3/b12-10+/t17-,18-,20-,21+/m1/s1. The van der Waals surface area contributed by atoms with Crippen molar-refractivity contribution in [2.75, 3.05) is 6.61 Å². The first-order valence-electron chi connectivity index (χ1n) is 10.5. The van der Waals surface area contributed by atoms with Gasteiger partial charge in [-0.25, -0.2) is 0 Å². The average molecular weight is 369 g/mol. The van der Waals surface area contributed by atoms with Crippen molar-refractivity contribution >= 4 is 5.78 Å². The van der Waals surface area contributed by atoms with Crippen molar-refractivity contribution in [2.45, 2.75) is 97.2 Å². The third-order valence-corrected chi connectivity index (χ3v) is 5.92. The molecule has 4 nitrogen and oxygen atoms in total. The Kier molecular flexibility index (Phi) is 10.7. The van der Waals surface area contributed by atoms with Crippen molar-refractivity contribution in [1.29, 1.82) is 0 Å². The second-order valence-corrected chi connectivity index (χ2v) is 8.62. The quantitative estimate of drug-likeness (QED) is 0.339. The lowest BCUT2D eigenvalue weighted by molar-refractivity contribution is -0.121. The molecule has 4 heteroatoms. The second-order valence-electron chi connectivity index (χ2n) is 8.62. The third-order valence-electron chi connectivity index (χ3n) is 5.92. The number of rotatable bonds is 13. The zero-order valence-corrected chi connectivity index (χ0v) is 17.0. The van der Waals surface area contributed by atoms with E-state index in [2.05, 4.69) is 20.8 Å². The highest BCUT2D eigenvalue weighted by Gasteiger charge is 2.39. The number of aliphatic hydroxyl groups excluding tert-OH is 3. The van der Waals surface area contributed by atoms with Gasteiger partial charge in [-0.2, -0.15) is 0 Å². The van der Waals surface area contributed by atoms with Crippen LogP contribution in [0.25, 0.3) is 0 Å². The summed E-state index contributed by atoms with van der Waals surface area (Å²) in [5.74, 6) is -0.0179. The highest BCUT2D eigenvalue weighted by molar-refractivity contribution is 5.84. The minimum absolute atomic E-state index is 0.0834. The van der Waals surface area contributed by atoms with Crippen molar-refractivity contribution in [1.82, 2.24) is 0 Å². The van der Waals surface area contributed by atoms with Crippen molar-refractivity contribution in [2.24, 2.45) is 17.3 Å². The van der Waals surface area contributed by atoms with Crippen LogP contribution in [0.4, 0.5) is 0 Å². The predicted molar refractivity (Wildman–Crippen MR) is 106 cm³/mol. The van der Waals surface area contributed by atoms with Gasteiger partial charge in [-0.05, 0) is 31.1 Å². The predicted octanol–water partition coefficient (Wildman–Crippen LogP) is 4.02. The van der Waals surface area contributed by atoms with E-state index in [-0.39, 0.29) is 36.1 Å². The Morgan fingerprint density at radius 2 is 1.85 bits per heavy atom. The average Bonchev–Trinajstić information content (AvgIpc) is 2.84. The van der Waals surface area contributed by atoms with Crippen molar-refractivity contribution < 1.29 is 20.1 Å². The van der Waals surface area contributed by atoms with Gasteiger partial charge in [0.15, 0.2) is 0 Å². The molecule has 0 aromatic carbocycles. The summed E-state index contributed by atoms with van der Waals surface area (Å²) in [6, 6.07) is 0. The number of hydrogen-bond acceptors (Lipinski definition) is 4. The van der Waals surface area contributed by atoms with Gasteiger partial charge in [0, 0.05) is 24.9 Å². The molecule has 152 valence electrons. The number of ketones is 1. The number of aliphatic hydroxyl groups is 3. The molecule has 0 aromatic rings. The number of unbranched alkanes of at least 4 members (excludes halogenated alkanes) is 4. The molecular weight excluding hydrogens is 328 g/mol. The number of carbonyl (C=O) groups is 1. The first kappa shape index (κ1) is 23.3. The fourth-order valence-electron chi connectivity index (χ4n) is 4.09. The largest absolute Gasteiger partial charge is 0.396 e. The number of hydrogen-bond donors (Lipinski definition) is 3. The van der Waals surface area contributed by atoms with Crippen LogP contribution < -0.4 is 0 Å². The van der Waals surface area contributed by atoms with Crippen LogP contribution in [0.5, 0.6) is 0 Å². The van der Waals surface area contributed by atoms with Crippen molar-refractivity contribution in [3.63, 3.8) is 0 Å². The van der Waals surface area contributed by atoms with Crippen LogP contribution in [0.3, 0.4) is 0 Å². The molecular formula is C22H40O4. The number of carbonyl (C=O) groups excluding carboxylic acids is 1. The molecule has 0 saturated heterocycles. The Hall–Kier alpha value is -0.710. The summed E-state index contributed by atoms with van der Waals surface area (Å²) in [5.41, 5.74) is -0.114. The van der Waals surface area contributed by atoms with E-state index in [0.29, 0.717) is 6.42 Å². The van der Waals surface area contributed by atoms with E-state index < -0.39 is 12.2 Å². The molecule has 0 amide bonds. The Labute approximate surface area is 159 Å². The van der Waals surface area contributed by atoms with Crippen molar-refractivity contribution in [3.8, 4) is 0 Å². The van der Waals surface area contributed by atoms with Gasteiger partial charge in [0.1, 0.15) is 5.78 Å². The Morgan fingerprint density at radius 1 is 1.19 bits per heavy atom. The van der Waals surface area contributed by atoms with Crippen LogP contribution in [-0.2, 0) is 4.79 Å². The highest BCUT2D eigenvalue weighted by Crippen LogP contribution is 2.35. The molecule has 0 bridgehead atoms. The molecule has 1 saturated carbocycles. The molecule has 3 N–H and O–H groups in total. The zero-order chi connectivity index (χ0) is 19.6. The SMILES string of the molecule is CCCC(C)(C)[C@@H](O)C/C=C/[C@H]1[C@H](O)CC(=O)[C@@H]1CCCCCCCO. The van der Waals surface area contributed by atoms with E-state index >= 15 is 0 Å². The molecule has 1 fully saturated rings. The lowest BCUT2D eigenvalue weighted by Gasteiger charge is -2.29. The molecule has 1 rings (SSSR count). The van der Waals surface area contributed by atoms with Gasteiger partial charge in [0.2, 0.25) is 0 Å². The monoisotopic (exact) mass is 368 g/mol. The fraction of sp³-hybridized carbons (Fsp3) is 0.864. The molecule has 0 unspecified atom stereocenters. The van der Waals surface area contributed by atoms with E-state index in [9.17, 15) is 15.0 Å². The maximum absolute atomic E-state index is 12.2. The van der Waals surface area contributed by atoms with Gasteiger partial charge < -0.3 is 15.3 Å². The Bertz CT molecular complexity index is 430. The van der Waals surface area contributed by atoms with Crippen LogP contribution in [0.2, 0.25) is 0 Å². The summed E-state index contributed by atoms with van der Waals surface area (Å²) in [5, 5.41) is 29.5. The van der Waals surface area contributed by atoms with Crippen molar-refractivity contribution in [3.05, 3.63) is 12.2 Å². The van der Waals surface area contributed by atoms with Gasteiger partial charge in [-0.15, -0.1) is 0 Å². The smallest absolute Gasteiger partial charge is 0.139 e. The molecule has 0 radical (unpaired) electrons. The molecule has 0 spiro atoms. The van der Waals surface area contributed by atoms with Crippen LogP contribution in [0, 0.1) is 17.3 Å². The molecule has 1 aliphatic carbocycles. The molecule has 0 aliphatic heterocycles. The van der Waals surface area contributed by atoms with Gasteiger partial charge in [0.05, 0.1) is 12.2 Å². The maximum atomic E-state index is 12.2. The van der Waals surface area contributed by atoms with Crippen LogP contribution in [0.15, 0.2) is 12.2 Å². The zero-order valence-electron chi connectivity index (χ0n) is 17.0. The van der Waals surface area contributed by atoms with E-state index in [1.165, 1.54) is 0 Å². The van der Waals surface area contributed by atoms with Gasteiger partial charge in [0.25, 0.3) is 0 Å². The Morgan fingerprint density at radius 3 is 2.50 bits per heavy atom. The normalized spacial score (nSPS) is 25.3. The summed E-state index contributed by atoms with van der Waals surface area (Å²) in [6.45, 7) is 6.55. The van der Waals surface area contributed by atoms with Crippen LogP contribution >= 0.6 is 0 Å². The summed E-state index contributed by atoms with van der Waals surface area (Å²) < 4.78 is 0. The molecule has 0 aromatic heterocycles. The van der Waals surface area contributed by atoms with E-state index in [1.807, 2.05) is 12.2 Å². The van der Waals surface area contributed by atoms with E-state index in [1.54, 1.807) is 0 Å². The summed E-state index contributed by atoms with van der Waals surface area (Å²) in [7, 11) is 0. The van der Waals surface area contributed by atoms with Gasteiger partial charge >= 0.3 is 0 Å². The number of Topliss-reactive ketones (excluding diaryl/α,β-unsaturated/α-hetero) is 1. The minimum atomic E-state index is -0.584. The van der Waals surface area contributed by atoms with Crippen LogP contribution in [-0.4, -0.2) is 39.9 Å². The Balaban J connectivity index is 2.49. The minimum Gasteiger partial charge on any atom is -0.396 e. The maximum Gasteiger partial charge on any atom is 0.139 e. The molecule has 4 atom stereocenters.